The van der Waals surface area contributed by atoms with Gasteiger partial charge in [0.25, 0.3) is 0 Å². The summed E-state index contributed by atoms with van der Waals surface area (Å²) in [5.41, 5.74) is 6.68. The lowest BCUT2D eigenvalue weighted by atomic mass is 10.2. The smallest absolute Gasteiger partial charge is 0.236 e. The molecule has 1 fully saturated rings. The van der Waals surface area contributed by atoms with Gasteiger partial charge in [0.2, 0.25) is 5.91 Å². The monoisotopic (exact) mass is 310 g/mol. The molecule has 1 heterocycles. The molecule has 116 valence electrons. The molecule has 21 heavy (non-hydrogen) atoms. The molecule has 1 amide bonds. The highest BCUT2D eigenvalue weighted by Gasteiger charge is 2.17. The minimum Gasteiger partial charge on any atom is -0.369 e. The van der Waals surface area contributed by atoms with Crippen molar-refractivity contribution < 1.29 is 4.79 Å². The first kappa shape index (κ1) is 16.1. The minimum absolute atomic E-state index is 0.0902. The molecule has 1 aromatic carbocycles. The van der Waals surface area contributed by atoms with E-state index in [-0.39, 0.29) is 5.91 Å². The first-order valence-corrected chi connectivity index (χ1v) is 7.70. The number of piperazine rings is 1. The van der Waals surface area contributed by atoms with Crippen LogP contribution in [0.3, 0.4) is 0 Å². The number of benzene rings is 1. The molecule has 0 spiro atoms. The van der Waals surface area contributed by atoms with E-state index in [0.29, 0.717) is 6.54 Å². The molecule has 0 saturated carbocycles. The molecule has 0 aromatic heterocycles. The zero-order valence-electron chi connectivity index (χ0n) is 12.4. The van der Waals surface area contributed by atoms with Gasteiger partial charge < -0.3 is 16.0 Å². The lowest BCUT2D eigenvalue weighted by Crippen LogP contribution is -2.49. The highest BCUT2D eigenvalue weighted by atomic mass is 35.5. The van der Waals surface area contributed by atoms with Gasteiger partial charge in [-0.25, -0.2) is 0 Å². The number of hydrogen-bond acceptors (Lipinski definition) is 4. The van der Waals surface area contributed by atoms with Crippen molar-refractivity contribution in [1.82, 2.24) is 10.2 Å². The van der Waals surface area contributed by atoms with Crippen molar-refractivity contribution in [3.8, 4) is 0 Å². The zero-order chi connectivity index (χ0) is 15.2. The van der Waals surface area contributed by atoms with E-state index in [1.54, 1.807) is 6.92 Å². The fourth-order valence-electron chi connectivity index (χ4n) is 2.40. The van der Waals surface area contributed by atoms with Gasteiger partial charge in [0.05, 0.1) is 6.04 Å². The zero-order valence-corrected chi connectivity index (χ0v) is 13.1. The van der Waals surface area contributed by atoms with Gasteiger partial charge in [-0.1, -0.05) is 17.7 Å². The summed E-state index contributed by atoms with van der Waals surface area (Å²) in [6, 6.07) is 7.52. The van der Waals surface area contributed by atoms with Crippen LogP contribution in [0.2, 0.25) is 5.02 Å². The first-order valence-electron chi connectivity index (χ1n) is 7.32. The van der Waals surface area contributed by atoms with Crippen molar-refractivity contribution in [2.75, 3.05) is 44.2 Å². The normalized spacial score (nSPS) is 17.6. The Morgan fingerprint density at radius 1 is 1.38 bits per heavy atom. The molecule has 6 heteroatoms. The van der Waals surface area contributed by atoms with Crippen molar-refractivity contribution >= 4 is 23.2 Å². The van der Waals surface area contributed by atoms with E-state index >= 15 is 0 Å². The second-order valence-corrected chi connectivity index (χ2v) is 5.82. The Labute approximate surface area is 131 Å². The van der Waals surface area contributed by atoms with Crippen LogP contribution in [-0.2, 0) is 4.79 Å². The Morgan fingerprint density at radius 2 is 2.10 bits per heavy atom. The average Bonchev–Trinajstić information content (AvgIpc) is 2.47. The van der Waals surface area contributed by atoms with E-state index in [0.717, 1.165) is 37.7 Å². The van der Waals surface area contributed by atoms with Crippen LogP contribution in [0.25, 0.3) is 0 Å². The van der Waals surface area contributed by atoms with Gasteiger partial charge in [0.15, 0.2) is 0 Å². The summed E-state index contributed by atoms with van der Waals surface area (Å²) in [6.45, 7) is 7.13. The molecular formula is C15H23ClN4O. The molecule has 1 saturated heterocycles. The Balaban J connectivity index is 1.72. The third-order valence-electron chi connectivity index (χ3n) is 3.69. The van der Waals surface area contributed by atoms with Gasteiger partial charge in [-0.3, -0.25) is 9.69 Å². The largest absolute Gasteiger partial charge is 0.369 e. The highest BCUT2D eigenvalue weighted by Crippen LogP contribution is 2.20. The maximum absolute atomic E-state index is 11.4. The molecule has 1 aliphatic heterocycles. The number of nitrogens with one attached hydrogen (secondary N) is 1. The summed E-state index contributed by atoms with van der Waals surface area (Å²) in [7, 11) is 0. The molecule has 0 bridgehead atoms. The van der Waals surface area contributed by atoms with E-state index in [1.807, 2.05) is 18.2 Å². The van der Waals surface area contributed by atoms with Crippen LogP contribution in [0.4, 0.5) is 5.69 Å². The van der Waals surface area contributed by atoms with Crippen LogP contribution in [-0.4, -0.2) is 56.1 Å². The molecule has 5 nitrogen and oxygen atoms in total. The van der Waals surface area contributed by atoms with Crippen molar-refractivity contribution in [2.24, 2.45) is 5.73 Å². The third kappa shape index (κ3) is 4.88. The molecule has 0 aliphatic carbocycles. The quantitative estimate of drug-likeness (QED) is 0.849. The molecule has 1 unspecified atom stereocenters. The van der Waals surface area contributed by atoms with Gasteiger partial charge >= 0.3 is 0 Å². The molecule has 1 atom stereocenters. The number of carbonyl (C=O) groups is 1. The predicted octanol–water partition coefficient (Wildman–Crippen LogP) is 0.925. The summed E-state index contributed by atoms with van der Waals surface area (Å²) in [6.07, 6.45) is 0. The molecular weight excluding hydrogens is 288 g/mol. The Hall–Kier alpha value is -1.30. The maximum Gasteiger partial charge on any atom is 0.236 e. The number of halogens is 1. The van der Waals surface area contributed by atoms with Crippen LogP contribution >= 0.6 is 11.6 Å². The van der Waals surface area contributed by atoms with Crippen LogP contribution in [0.1, 0.15) is 6.92 Å². The van der Waals surface area contributed by atoms with Crippen molar-refractivity contribution in [2.45, 2.75) is 13.0 Å². The standard InChI is InChI=1S/C15H23ClN4O/c1-12(17)15(21)18-5-6-19-7-9-20(10-8-19)14-4-2-3-13(16)11-14/h2-4,11-12H,5-10,17H2,1H3,(H,18,21). The second kappa shape index (κ2) is 7.64. The highest BCUT2D eigenvalue weighted by molar-refractivity contribution is 6.30. The summed E-state index contributed by atoms with van der Waals surface area (Å²) in [5.74, 6) is -0.0902. The number of carbonyl (C=O) groups excluding carboxylic acids is 1. The predicted molar refractivity (Wildman–Crippen MR) is 86.8 cm³/mol. The maximum atomic E-state index is 11.4. The van der Waals surface area contributed by atoms with Crippen LogP contribution in [0, 0.1) is 0 Å². The van der Waals surface area contributed by atoms with E-state index in [9.17, 15) is 4.79 Å². The van der Waals surface area contributed by atoms with E-state index in [2.05, 4.69) is 21.2 Å². The molecule has 1 aromatic rings. The van der Waals surface area contributed by atoms with Crippen LogP contribution in [0.15, 0.2) is 24.3 Å². The lowest BCUT2D eigenvalue weighted by molar-refractivity contribution is -0.122. The van der Waals surface area contributed by atoms with Crippen LogP contribution in [0.5, 0.6) is 0 Å². The summed E-state index contributed by atoms with van der Waals surface area (Å²) in [4.78, 5) is 16.1. The second-order valence-electron chi connectivity index (χ2n) is 5.39. The fourth-order valence-corrected chi connectivity index (χ4v) is 2.59. The molecule has 3 N–H and O–H groups in total. The van der Waals surface area contributed by atoms with Gasteiger partial charge in [0.1, 0.15) is 0 Å². The number of rotatable bonds is 5. The average molecular weight is 311 g/mol. The number of nitrogens with zero attached hydrogens (tertiary/aromatic N) is 2. The van der Waals surface area contributed by atoms with E-state index in [1.165, 1.54) is 5.69 Å². The Bertz CT molecular complexity index is 472. The van der Waals surface area contributed by atoms with Crippen LogP contribution < -0.4 is 16.0 Å². The summed E-state index contributed by atoms with van der Waals surface area (Å²) < 4.78 is 0. The van der Waals surface area contributed by atoms with Gasteiger partial charge in [-0.05, 0) is 25.1 Å². The van der Waals surface area contributed by atoms with E-state index in [4.69, 9.17) is 17.3 Å². The molecule has 1 aliphatic rings. The number of hydrogen-bond donors (Lipinski definition) is 2. The number of anilines is 1. The topological polar surface area (TPSA) is 61.6 Å². The van der Waals surface area contributed by atoms with E-state index < -0.39 is 6.04 Å². The Morgan fingerprint density at radius 3 is 2.71 bits per heavy atom. The van der Waals surface area contributed by atoms with Crippen molar-refractivity contribution in [1.29, 1.82) is 0 Å². The third-order valence-corrected chi connectivity index (χ3v) is 3.92. The fraction of sp³-hybridized carbons (Fsp3) is 0.533. The minimum atomic E-state index is -0.440. The van der Waals surface area contributed by atoms with Crippen molar-refractivity contribution in [3.05, 3.63) is 29.3 Å². The Kier molecular flexibility index (Phi) is 5.85. The summed E-state index contributed by atoms with van der Waals surface area (Å²) >= 11 is 6.03. The van der Waals surface area contributed by atoms with Gasteiger partial charge in [0, 0.05) is 50.0 Å². The first-order chi connectivity index (χ1) is 10.1. The van der Waals surface area contributed by atoms with Crippen molar-refractivity contribution in [3.63, 3.8) is 0 Å². The SMILES string of the molecule is CC(N)C(=O)NCCN1CCN(c2cccc(Cl)c2)CC1. The molecule has 0 radical (unpaired) electrons. The number of amides is 1. The lowest BCUT2D eigenvalue weighted by Gasteiger charge is -2.36. The number of nitrogens with two attached hydrogens (primary N) is 1. The summed E-state index contributed by atoms with van der Waals surface area (Å²) in [5, 5.41) is 3.61. The molecule has 2 rings (SSSR count). The van der Waals surface area contributed by atoms with Gasteiger partial charge in [-0.15, -0.1) is 0 Å². The van der Waals surface area contributed by atoms with Gasteiger partial charge in [-0.2, -0.15) is 0 Å².